The predicted octanol–water partition coefficient (Wildman–Crippen LogP) is 5.84. The van der Waals surface area contributed by atoms with Gasteiger partial charge in [-0.05, 0) is 40.6 Å². The summed E-state index contributed by atoms with van der Waals surface area (Å²) < 4.78 is 7.06. The molecule has 2 rings (SSSR count). The van der Waals surface area contributed by atoms with Gasteiger partial charge in [0.05, 0.1) is 6.07 Å². The van der Waals surface area contributed by atoms with E-state index >= 15 is 0 Å². The molecule has 0 saturated heterocycles. The molecule has 0 aliphatic heterocycles. The van der Waals surface area contributed by atoms with Gasteiger partial charge in [-0.3, -0.25) is 0 Å². The van der Waals surface area contributed by atoms with Gasteiger partial charge in [0, 0.05) is 13.0 Å². The van der Waals surface area contributed by atoms with E-state index in [0.29, 0.717) is 18.9 Å². The lowest BCUT2D eigenvalue weighted by Crippen LogP contribution is -2.66. The average molecular weight is 406 g/mol. The Bertz CT molecular complexity index is 763. The largest absolute Gasteiger partial charge is 0.407 e. The van der Waals surface area contributed by atoms with Crippen molar-refractivity contribution in [3.05, 3.63) is 72.8 Å². The summed E-state index contributed by atoms with van der Waals surface area (Å²) in [5, 5.41) is 11.7. The van der Waals surface area contributed by atoms with Crippen LogP contribution in [0.25, 0.3) is 0 Å². The highest BCUT2D eigenvalue weighted by Gasteiger charge is 2.50. The molecule has 2 aromatic carbocycles. The normalized spacial score (nSPS) is 12.9. The molecule has 0 aromatic heterocycles. The van der Waals surface area contributed by atoms with E-state index in [1.807, 2.05) is 0 Å². The third-order valence-corrected chi connectivity index (χ3v) is 10.7. The van der Waals surface area contributed by atoms with Gasteiger partial charge in [-0.1, -0.05) is 101 Å². The Morgan fingerprint density at radius 2 is 1.55 bits per heavy atom. The van der Waals surface area contributed by atoms with Crippen molar-refractivity contribution in [2.45, 2.75) is 58.4 Å². The van der Waals surface area contributed by atoms with Gasteiger partial charge in [0.15, 0.2) is 0 Å². The summed E-state index contributed by atoms with van der Waals surface area (Å²) in [4.78, 5) is 0. The van der Waals surface area contributed by atoms with E-state index in [9.17, 15) is 0 Å². The second kappa shape index (κ2) is 10.6. The smallest absolute Gasteiger partial charge is 0.261 e. The molecule has 2 nitrogen and oxygen atoms in total. The number of benzene rings is 2. The van der Waals surface area contributed by atoms with Crippen molar-refractivity contribution in [2.24, 2.45) is 5.92 Å². The van der Waals surface area contributed by atoms with E-state index in [4.69, 9.17) is 9.69 Å². The molecule has 29 heavy (non-hydrogen) atoms. The number of hydrogen-bond acceptors (Lipinski definition) is 2. The van der Waals surface area contributed by atoms with Crippen LogP contribution in [0.15, 0.2) is 72.8 Å². The lowest BCUT2D eigenvalue weighted by molar-refractivity contribution is 0.226. The van der Waals surface area contributed by atoms with Gasteiger partial charge in [-0.15, -0.1) is 0 Å². The molecule has 0 saturated carbocycles. The predicted molar refractivity (Wildman–Crippen MR) is 126 cm³/mol. The Hall–Kier alpha value is -2.15. The summed E-state index contributed by atoms with van der Waals surface area (Å²) in [5.74, 6) is 0.323. The van der Waals surface area contributed by atoms with Gasteiger partial charge in [0.2, 0.25) is 0 Å². The topological polar surface area (TPSA) is 33.0 Å². The molecule has 0 aliphatic rings. The summed E-state index contributed by atoms with van der Waals surface area (Å²) in [5.41, 5.74) is 1.24. The fraction of sp³-hybridized carbons (Fsp3) is 0.423. The summed E-state index contributed by atoms with van der Waals surface area (Å²) in [6.45, 7) is 13.9. The Morgan fingerprint density at radius 3 is 1.97 bits per heavy atom. The molecule has 2 aromatic rings. The quantitative estimate of drug-likeness (QED) is 0.367. The van der Waals surface area contributed by atoms with E-state index in [2.05, 4.69) is 101 Å². The molecule has 3 heteroatoms. The Labute approximate surface area is 178 Å². The van der Waals surface area contributed by atoms with Crippen LogP contribution < -0.4 is 10.4 Å². The van der Waals surface area contributed by atoms with Gasteiger partial charge < -0.3 is 4.43 Å². The van der Waals surface area contributed by atoms with Crippen LogP contribution in [0, 0.1) is 17.2 Å². The average Bonchev–Trinajstić information content (AvgIpc) is 2.72. The van der Waals surface area contributed by atoms with E-state index in [0.717, 1.165) is 19.3 Å². The van der Waals surface area contributed by atoms with Crippen molar-refractivity contribution in [1.82, 2.24) is 0 Å². The van der Waals surface area contributed by atoms with Crippen LogP contribution >= 0.6 is 0 Å². The molecule has 0 fully saturated rings. The molecular formula is C26H35NOSi. The molecule has 0 radical (unpaired) electrons. The van der Waals surface area contributed by atoms with Crippen molar-refractivity contribution < 1.29 is 4.43 Å². The third-order valence-electron chi connectivity index (χ3n) is 5.69. The summed E-state index contributed by atoms with van der Waals surface area (Å²) in [7, 11) is -2.53. The van der Waals surface area contributed by atoms with Crippen molar-refractivity contribution in [2.75, 3.05) is 6.61 Å². The second-order valence-electron chi connectivity index (χ2n) is 8.84. The molecule has 0 bridgehead atoms. The first-order chi connectivity index (χ1) is 13.8. The van der Waals surface area contributed by atoms with Crippen molar-refractivity contribution in [3.8, 4) is 6.07 Å². The Morgan fingerprint density at radius 1 is 1.03 bits per heavy atom. The van der Waals surface area contributed by atoms with Gasteiger partial charge in [-0.2, -0.15) is 5.26 Å². The SMILES string of the molecule is C=C(CC)C[C@@H](CCC#N)CO[Si](c1ccccc1)(c1ccccc1)C(C)(C)C. The maximum absolute atomic E-state index is 9.12. The number of allylic oxidation sites excluding steroid dienone is 1. The van der Waals surface area contributed by atoms with Gasteiger partial charge in [0.25, 0.3) is 8.32 Å². The van der Waals surface area contributed by atoms with E-state index in [1.165, 1.54) is 15.9 Å². The molecule has 0 heterocycles. The number of hydrogen-bond donors (Lipinski definition) is 0. The standard InChI is InChI=1S/C26H35NOSi/c1-6-22(2)20-23(14-13-19-27)21-28-29(26(3,4)5,24-15-9-7-10-16-24)25-17-11-8-12-18-25/h7-12,15-18,23H,2,6,13-14,20-21H2,1,3-5H3/t23-/m1/s1. The van der Waals surface area contributed by atoms with Gasteiger partial charge in [-0.25, -0.2) is 0 Å². The van der Waals surface area contributed by atoms with E-state index < -0.39 is 8.32 Å². The molecule has 1 atom stereocenters. The lowest BCUT2D eigenvalue weighted by atomic mass is 9.95. The highest BCUT2D eigenvalue weighted by Crippen LogP contribution is 2.37. The summed E-state index contributed by atoms with van der Waals surface area (Å²) in [6, 6.07) is 23.8. The minimum atomic E-state index is -2.53. The van der Waals surface area contributed by atoms with Crippen LogP contribution in [-0.4, -0.2) is 14.9 Å². The van der Waals surface area contributed by atoms with Gasteiger partial charge in [0.1, 0.15) is 0 Å². The van der Waals surface area contributed by atoms with Crippen molar-refractivity contribution >= 4 is 18.7 Å². The summed E-state index contributed by atoms with van der Waals surface area (Å²) >= 11 is 0. The number of nitrogens with zero attached hydrogens (tertiary/aromatic N) is 1. The van der Waals surface area contributed by atoms with Gasteiger partial charge >= 0.3 is 0 Å². The monoisotopic (exact) mass is 405 g/mol. The van der Waals surface area contributed by atoms with Crippen LogP contribution in [0.4, 0.5) is 0 Å². The maximum atomic E-state index is 9.12. The minimum absolute atomic E-state index is 0.0305. The Kier molecular flexibility index (Phi) is 8.43. The van der Waals surface area contributed by atoms with Crippen LogP contribution in [0.1, 0.15) is 53.4 Å². The van der Waals surface area contributed by atoms with E-state index in [1.54, 1.807) is 0 Å². The zero-order valence-electron chi connectivity index (χ0n) is 18.4. The summed E-state index contributed by atoms with van der Waals surface area (Å²) in [6.07, 6.45) is 3.32. The molecule has 0 amide bonds. The van der Waals surface area contributed by atoms with Crippen LogP contribution in [0.2, 0.25) is 5.04 Å². The van der Waals surface area contributed by atoms with Crippen molar-refractivity contribution in [1.29, 1.82) is 5.26 Å². The molecule has 0 spiro atoms. The Balaban J connectivity index is 2.47. The molecule has 0 aliphatic carbocycles. The second-order valence-corrected chi connectivity index (χ2v) is 13.2. The number of nitriles is 1. The van der Waals surface area contributed by atoms with Crippen molar-refractivity contribution in [3.63, 3.8) is 0 Å². The molecule has 0 N–H and O–H groups in total. The maximum Gasteiger partial charge on any atom is 0.261 e. The van der Waals surface area contributed by atoms with Crippen LogP contribution in [0.3, 0.4) is 0 Å². The first-order valence-electron chi connectivity index (χ1n) is 10.6. The zero-order chi connectivity index (χ0) is 21.3. The fourth-order valence-electron chi connectivity index (χ4n) is 4.07. The molecule has 154 valence electrons. The number of rotatable bonds is 10. The van der Waals surface area contributed by atoms with Crippen LogP contribution in [0.5, 0.6) is 0 Å². The third kappa shape index (κ3) is 5.69. The van der Waals surface area contributed by atoms with Crippen LogP contribution in [-0.2, 0) is 4.43 Å². The minimum Gasteiger partial charge on any atom is -0.407 e. The fourth-order valence-corrected chi connectivity index (χ4v) is 8.71. The lowest BCUT2D eigenvalue weighted by Gasteiger charge is -2.43. The molecule has 0 unspecified atom stereocenters. The molecular weight excluding hydrogens is 370 g/mol. The zero-order valence-corrected chi connectivity index (χ0v) is 19.4. The first-order valence-corrected chi connectivity index (χ1v) is 12.5. The van der Waals surface area contributed by atoms with E-state index in [-0.39, 0.29) is 5.04 Å². The highest BCUT2D eigenvalue weighted by molar-refractivity contribution is 6.99. The highest BCUT2D eigenvalue weighted by atomic mass is 28.4. The first kappa shape index (κ1) is 23.1.